The van der Waals surface area contributed by atoms with E-state index in [1.165, 1.54) is 11.8 Å². The van der Waals surface area contributed by atoms with E-state index in [1.54, 1.807) is 18.9 Å². The van der Waals surface area contributed by atoms with Crippen molar-refractivity contribution in [3.63, 3.8) is 0 Å². The zero-order valence-corrected chi connectivity index (χ0v) is 18.5. The molecule has 0 aliphatic carbocycles. The summed E-state index contributed by atoms with van der Waals surface area (Å²) in [6, 6.07) is 13.2. The molecule has 30 heavy (non-hydrogen) atoms. The van der Waals surface area contributed by atoms with Gasteiger partial charge in [0.2, 0.25) is 11.1 Å². The van der Waals surface area contributed by atoms with Gasteiger partial charge in [0, 0.05) is 0 Å². The third-order valence-corrected chi connectivity index (χ3v) is 5.35. The highest BCUT2D eigenvalue weighted by Gasteiger charge is 2.18. The molecule has 1 N–H and O–H groups in total. The van der Waals surface area contributed by atoms with Gasteiger partial charge in [-0.15, -0.1) is 5.10 Å². The number of anilines is 1. The van der Waals surface area contributed by atoms with Crippen molar-refractivity contribution in [2.24, 2.45) is 0 Å². The molecule has 9 heteroatoms. The molecule has 0 radical (unpaired) electrons. The highest BCUT2D eigenvalue weighted by atomic mass is 32.2. The molecule has 1 amide bonds. The van der Waals surface area contributed by atoms with E-state index in [4.69, 9.17) is 9.47 Å². The van der Waals surface area contributed by atoms with Crippen LogP contribution in [0.15, 0.2) is 47.6 Å². The van der Waals surface area contributed by atoms with Gasteiger partial charge in [-0.2, -0.15) is 4.68 Å². The number of benzene rings is 2. The first-order valence-electron chi connectivity index (χ1n) is 9.36. The monoisotopic (exact) mass is 427 g/mol. The fourth-order valence-corrected chi connectivity index (χ4v) is 3.50. The number of rotatable bonds is 7. The van der Waals surface area contributed by atoms with Gasteiger partial charge < -0.3 is 14.8 Å². The van der Waals surface area contributed by atoms with Gasteiger partial charge in [0.1, 0.15) is 17.2 Å². The lowest BCUT2D eigenvalue weighted by Gasteiger charge is -2.21. The van der Waals surface area contributed by atoms with Crippen LogP contribution in [0.3, 0.4) is 0 Å². The number of para-hydroxylation sites is 2. The standard InChI is InChI=1S/C21H25N5O3S/c1-21(2,3)14-10-11-17(28-4)15(12-14)22-19(27)13-30-20-23-24-25-26(20)16-8-6-7-9-18(16)29-5/h6-12H,13H2,1-5H3,(H,22,27). The van der Waals surface area contributed by atoms with Gasteiger partial charge in [-0.25, -0.2) is 0 Å². The summed E-state index contributed by atoms with van der Waals surface area (Å²) in [7, 11) is 3.17. The van der Waals surface area contributed by atoms with Crippen LogP contribution in [0.5, 0.6) is 11.5 Å². The summed E-state index contributed by atoms with van der Waals surface area (Å²) in [5.74, 6) is 1.21. The molecule has 2 aromatic carbocycles. The zero-order chi connectivity index (χ0) is 21.7. The van der Waals surface area contributed by atoms with E-state index in [2.05, 4.69) is 41.6 Å². The highest BCUT2D eigenvalue weighted by Crippen LogP contribution is 2.32. The lowest BCUT2D eigenvalue weighted by atomic mass is 9.87. The molecule has 0 aliphatic heterocycles. The average molecular weight is 428 g/mol. The number of methoxy groups -OCH3 is 2. The fourth-order valence-electron chi connectivity index (χ4n) is 2.81. The molecule has 0 atom stereocenters. The average Bonchev–Trinajstić information content (AvgIpc) is 3.20. The maximum atomic E-state index is 12.6. The number of ether oxygens (including phenoxy) is 2. The summed E-state index contributed by atoms with van der Waals surface area (Å²) in [6.07, 6.45) is 0. The molecular formula is C21H25N5O3S. The van der Waals surface area contributed by atoms with Crippen molar-refractivity contribution in [1.82, 2.24) is 20.2 Å². The fraction of sp³-hybridized carbons (Fsp3) is 0.333. The summed E-state index contributed by atoms with van der Waals surface area (Å²) in [4.78, 5) is 12.6. The number of amides is 1. The first kappa shape index (κ1) is 21.6. The van der Waals surface area contributed by atoms with Gasteiger partial charge in [0.05, 0.1) is 25.7 Å². The van der Waals surface area contributed by atoms with Gasteiger partial charge in [-0.05, 0) is 45.7 Å². The second kappa shape index (κ2) is 9.17. The summed E-state index contributed by atoms with van der Waals surface area (Å²) in [5.41, 5.74) is 2.40. The summed E-state index contributed by atoms with van der Waals surface area (Å²) in [5, 5.41) is 15.2. The molecule has 0 saturated heterocycles. The van der Waals surface area contributed by atoms with Crippen LogP contribution in [0.2, 0.25) is 0 Å². The Labute approximate surface area is 180 Å². The van der Waals surface area contributed by atoms with Crippen LogP contribution in [0.4, 0.5) is 5.69 Å². The number of carbonyl (C=O) groups excluding carboxylic acids is 1. The minimum Gasteiger partial charge on any atom is -0.495 e. The third-order valence-electron chi connectivity index (χ3n) is 4.43. The van der Waals surface area contributed by atoms with Crippen LogP contribution in [0, 0.1) is 0 Å². The van der Waals surface area contributed by atoms with Crippen molar-refractivity contribution in [2.75, 3.05) is 25.3 Å². The van der Waals surface area contributed by atoms with Crippen molar-refractivity contribution in [3.05, 3.63) is 48.0 Å². The smallest absolute Gasteiger partial charge is 0.234 e. The van der Waals surface area contributed by atoms with Gasteiger partial charge in [-0.1, -0.05) is 50.7 Å². The Morgan fingerprint density at radius 1 is 1.10 bits per heavy atom. The lowest BCUT2D eigenvalue weighted by Crippen LogP contribution is -2.17. The van der Waals surface area contributed by atoms with Gasteiger partial charge >= 0.3 is 0 Å². The Bertz CT molecular complexity index is 1030. The molecule has 3 rings (SSSR count). The summed E-state index contributed by atoms with van der Waals surface area (Å²) < 4.78 is 12.3. The lowest BCUT2D eigenvalue weighted by molar-refractivity contribution is -0.113. The van der Waals surface area contributed by atoms with Crippen molar-refractivity contribution < 1.29 is 14.3 Å². The van der Waals surface area contributed by atoms with Gasteiger partial charge in [0.25, 0.3) is 0 Å². The third kappa shape index (κ3) is 4.91. The SMILES string of the molecule is COc1ccc(C(C)(C)C)cc1NC(=O)CSc1nnnn1-c1ccccc1OC. The molecule has 0 fully saturated rings. The molecule has 8 nitrogen and oxygen atoms in total. The molecule has 158 valence electrons. The van der Waals surface area contributed by atoms with E-state index in [0.717, 1.165) is 5.56 Å². The van der Waals surface area contributed by atoms with Crippen molar-refractivity contribution in [1.29, 1.82) is 0 Å². The van der Waals surface area contributed by atoms with Gasteiger partial charge in [-0.3, -0.25) is 4.79 Å². The van der Waals surface area contributed by atoms with Crippen molar-refractivity contribution in [2.45, 2.75) is 31.3 Å². The molecular weight excluding hydrogens is 402 g/mol. The van der Waals surface area contributed by atoms with Crippen molar-refractivity contribution >= 4 is 23.4 Å². The predicted molar refractivity (Wildman–Crippen MR) is 117 cm³/mol. The molecule has 0 aliphatic rings. The van der Waals surface area contributed by atoms with E-state index in [9.17, 15) is 4.79 Å². The Morgan fingerprint density at radius 2 is 1.83 bits per heavy atom. The second-order valence-corrected chi connectivity index (χ2v) is 8.49. The molecule has 0 saturated carbocycles. The molecule has 0 spiro atoms. The minimum absolute atomic E-state index is 0.0443. The number of hydrogen-bond acceptors (Lipinski definition) is 7. The van der Waals surface area contributed by atoms with Crippen LogP contribution < -0.4 is 14.8 Å². The van der Waals surface area contributed by atoms with Crippen LogP contribution in [-0.2, 0) is 10.2 Å². The number of tetrazole rings is 1. The first-order valence-corrected chi connectivity index (χ1v) is 10.3. The maximum absolute atomic E-state index is 12.6. The molecule has 1 heterocycles. The predicted octanol–water partition coefficient (Wildman–Crippen LogP) is 3.71. The zero-order valence-electron chi connectivity index (χ0n) is 17.7. The Kier molecular flexibility index (Phi) is 6.61. The number of nitrogens with zero attached hydrogens (tertiary/aromatic N) is 4. The number of nitrogens with one attached hydrogen (secondary N) is 1. The number of hydrogen-bond donors (Lipinski definition) is 1. The summed E-state index contributed by atoms with van der Waals surface area (Å²) in [6.45, 7) is 6.36. The van der Waals surface area contributed by atoms with E-state index < -0.39 is 0 Å². The van der Waals surface area contributed by atoms with E-state index in [0.29, 0.717) is 28.0 Å². The summed E-state index contributed by atoms with van der Waals surface area (Å²) >= 11 is 1.24. The number of carbonyl (C=O) groups is 1. The Hall–Kier alpha value is -3.07. The topological polar surface area (TPSA) is 91.2 Å². The van der Waals surface area contributed by atoms with Crippen LogP contribution in [-0.4, -0.2) is 46.1 Å². The molecule has 0 bridgehead atoms. The Morgan fingerprint density at radius 3 is 2.53 bits per heavy atom. The van der Waals surface area contributed by atoms with Crippen molar-refractivity contribution in [3.8, 4) is 17.2 Å². The maximum Gasteiger partial charge on any atom is 0.234 e. The number of thioether (sulfide) groups is 1. The van der Waals surface area contributed by atoms with E-state index in [1.807, 2.05) is 42.5 Å². The molecule has 0 unspecified atom stereocenters. The number of aromatic nitrogens is 4. The van der Waals surface area contributed by atoms with Gasteiger partial charge in [0.15, 0.2) is 0 Å². The first-order chi connectivity index (χ1) is 14.3. The Balaban J connectivity index is 1.73. The van der Waals surface area contributed by atoms with Crippen LogP contribution in [0.1, 0.15) is 26.3 Å². The quantitative estimate of drug-likeness (QED) is 0.575. The largest absolute Gasteiger partial charge is 0.495 e. The van der Waals surface area contributed by atoms with E-state index in [-0.39, 0.29) is 17.1 Å². The van der Waals surface area contributed by atoms with Crippen LogP contribution in [0.25, 0.3) is 5.69 Å². The molecule has 3 aromatic rings. The highest BCUT2D eigenvalue weighted by molar-refractivity contribution is 7.99. The minimum atomic E-state index is -0.182. The molecule has 1 aromatic heterocycles. The van der Waals surface area contributed by atoms with E-state index >= 15 is 0 Å². The second-order valence-electron chi connectivity index (χ2n) is 7.55. The van der Waals surface area contributed by atoms with Crippen LogP contribution >= 0.6 is 11.8 Å². The normalized spacial score (nSPS) is 11.2.